The van der Waals surface area contributed by atoms with Crippen LogP contribution < -0.4 is 0 Å². The van der Waals surface area contributed by atoms with E-state index in [4.69, 9.17) is 5.11 Å². The molecule has 0 aromatic heterocycles. The predicted molar refractivity (Wildman–Crippen MR) is 42.9 cm³/mol. The van der Waals surface area contributed by atoms with Crippen molar-refractivity contribution in [2.24, 2.45) is 0 Å². The van der Waals surface area contributed by atoms with Crippen LogP contribution in [0.4, 0.5) is 13.2 Å². The Hall–Kier alpha value is -1.04. The number of halogens is 3. The van der Waals surface area contributed by atoms with E-state index in [9.17, 15) is 18.0 Å². The first-order chi connectivity index (χ1) is 6.33. The second-order valence-electron chi connectivity index (χ2n) is 2.68. The highest BCUT2D eigenvalue weighted by atomic mass is 19.4. The minimum atomic E-state index is -4.19. The third kappa shape index (κ3) is 7.60. The van der Waals surface area contributed by atoms with Crippen molar-refractivity contribution in [3.63, 3.8) is 0 Å². The van der Waals surface area contributed by atoms with Crippen LogP contribution in [0.25, 0.3) is 0 Å². The van der Waals surface area contributed by atoms with E-state index in [1.807, 2.05) is 0 Å². The van der Waals surface area contributed by atoms with Gasteiger partial charge in [-0.3, -0.25) is 0 Å². The molecule has 14 heavy (non-hydrogen) atoms. The standard InChI is InChI=1S/C8H11F3O3/c1-6(7(12)13)5-14-4-2-3-8(9,10)11/h1-5H2,(H,12,13). The fraction of sp³-hybridized carbons (Fsp3) is 0.625. The van der Waals surface area contributed by atoms with Crippen LogP contribution in [-0.4, -0.2) is 30.5 Å². The number of rotatable bonds is 6. The van der Waals surface area contributed by atoms with E-state index >= 15 is 0 Å². The minimum Gasteiger partial charge on any atom is -0.478 e. The van der Waals surface area contributed by atoms with Crippen molar-refractivity contribution in [3.8, 4) is 0 Å². The second-order valence-corrected chi connectivity index (χ2v) is 2.68. The Bertz CT molecular complexity index is 210. The van der Waals surface area contributed by atoms with Gasteiger partial charge in [0.1, 0.15) is 0 Å². The molecule has 0 fully saturated rings. The van der Waals surface area contributed by atoms with Gasteiger partial charge in [-0.2, -0.15) is 13.2 Å². The first kappa shape index (κ1) is 13.0. The first-order valence-electron chi connectivity index (χ1n) is 3.88. The molecule has 0 aromatic carbocycles. The number of aliphatic carboxylic acids is 1. The van der Waals surface area contributed by atoms with E-state index in [-0.39, 0.29) is 25.2 Å². The van der Waals surface area contributed by atoms with Crippen LogP contribution in [-0.2, 0) is 9.53 Å². The van der Waals surface area contributed by atoms with Crippen molar-refractivity contribution in [2.75, 3.05) is 13.2 Å². The van der Waals surface area contributed by atoms with Crippen LogP contribution in [0.3, 0.4) is 0 Å². The zero-order valence-corrected chi connectivity index (χ0v) is 7.43. The lowest BCUT2D eigenvalue weighted by molar-refractivity contribution is -0.138. The Morgan fingerprint density at radius 2 is 2.00 bits per heavy atom. The summed E-state index contributed by atoms with van der Waals surface area (Å²) < 4.78 is 39.5. The molecular formula is C8H11F3O3. The molecule has 0 saturated heterocycles. The molecule has 3 nitrogen and oxygen atoms in total. The number of carbonyl (C=O) groups is 1. The molecule has 0 aliphatic rings. The smallest absolute Gasteiger partial charge is 0.389 e. The third-order valence-electron chi connectivity index (χ3n) is 1.33. The lowest BCUT2D eigenvalue weighted by Gasteiger charge is -2.06. The van der Waals surface area contributed by atoms with E-state index in [1.54, 1.807) is 0 Å². The summed E-state index contributed by atoms with van der Waals surface area (Å²) in [5.41, 5.74) is -0.169. The molecule has 6 heteroatoms. The molecule has 0 rings (SSSR count). The molecule has 0 spiro atoms. The number of carboxylic acids is 1. The van der Waals surface area contributed by atoms with E-state index in [2.05, 4.69) is 11.3 Å². The Morgan fingerprint density at radius 3 is 2.43 bits per heavy atom. The summed E-state index contributed by atoms with van der Waals surface area (Å²) in [6, 6.07) is 0. The third-order valence-corrected chi connectivity index (χ3v) is 1.33. The Kier molecular flexibility index (Phi) is 5.22. The molecule has 0 bridgehead atoms. The molecule has 0 radical (unpaired) electrons. The van der Waals surface area contributed by atoms with Gasteiger partial charge in [-0.05, 0) is 6.42 Å². The average molecular weight is 212 g/mol. The summed E-state index contributed by atoms with van der Waals surface area (Å²) in [7, 11) is 0. The number of alkyl halides is 3. The molecule has 0 aromatic rings. The summed E-state index contributed by atoms with van der Waals surface area (Å²) in [6.45, 7) is 2.79. The Balaban J connectivity index is 3.39. The van der Waals surface area contributed by atoms with Crippen LogP contribution in [0.5, 0.6) is 0 Å². The van der Waals surface area contributed by atoms with Crippen molar-refractivity contribution < 1.29 is 27.8 Å². The molecule has 0 aliphatic heterocycles. The van der Waals surface area contributed by atoms with Crippen molar-refractivity contribution in [2.45, 2.75) is 19.0 Å². The highest BCUT2D eigenvalue weighted by Gasteiger charge is 2.25. The monoisotopic (exact) mass is 212 g/mol. The quantitative estimate of drug-likeness (QED) is 0.541. The largest absolute Gasteiger partial charge is 0.478 e. The van der Waals surface area contributed by atoms with Gasteiger partial charge in [0.2, 0.25) is 0 Å². The SMILES string of the molecule is C=C(COCCCC(F)(F)F)C(=O)O. The van der Waals surface area contributed by atoms with Crippen molar-refractivity contribution in [1.29, 1.82) is 0 Å². The molecule has 0 saturated carbocycles. The van der Waals surface area contributed by atoms with Gasteiger partial charge in [-0.15, -0.1) is 0 Å². The topological polar surface area (TPSA) is 46.5 Å². The fourth-order valence-corrected chi connectivity index (χ4v) is 0.632. The minimum absolute atomic E-state index is 0.119. The summed E-state index contributed by atoms with van der Waals surface area (Å²) in [5, 5.41) is 8.31. The van der Waals surface area contributed by atoms with Gasteiger partial charge in [0.15, 0.2) is 0 Å². The second kappa shape index (κ2) is 5.64. The fourth-order valence-electron chi connectivity index (χ4n) is 0.632. The van der Waals surface area contributed by atoms with Crippen molar-refractivity contribution >= 4 is 5.97 Å². The van der Waals surface area contributed by atoms with Gasteiger partial charge < -0.3 is 9.84 Å². The lowest BCUT2D eigenvalue weighted by Crippen LogP contribution is -2.11. The maximum Gasteiger partial charge on any atom is 0.389 e. The van der Waals surface area contributed by atoms with Crippen LogP contribution in [0.15, 0.2) is 12.2 Å². The highest BCUT2D eigenvalue weighted by molar-refractivity contribution is 5.85. The van der Waals surface area contributed by atoms with E-state index in [0.29, 0.717) is 0 Å². The molecule has 0 amide bonds. The van der Waals surface area contributed by atoms with Gasteiger partial charge in [0.05, 0.1) is 12.2 Å². The van der Waals surface area contributed by atoms with Crippen LogP contribution in [0, 0.1) is 0 Å². The summed E-state index contributed by atoms with van der Waals surface area (Å²) in [5.74, 6) is -1.21. The normalized spacial score (nSPS) is 11.4. The van der Waals surface area contributed by atoms with Crippen LogP contribution in [0.1, 0.15) is 12.8 Å². The summed E-state index contributed by atoms with van der Waals surface area (Å²) in [6.07, 6.45) is -5.28. The predicted octanol–water partition coefficient (Wildman–Crippen LogP) is 1.99. The van der Waals surface area contributed by atoms with E-state index < -0.39 is 18.6 Å². The van der Waals surface area contributed by atoms with Gasteiger partial charge in [0.25, 0.3) is 0 Å². The number of hydrogen-bond acceptors (Lipinski definition) is 2. The highest BCUT2D eigenvalue weighted by Crippen LogP contribution is 2.20. The van der Waals surface area contributed by atoms with Gasteiger partial charge in [-0.1, -0.05) is 6.58 Å². The maximum atomic E-state index is 11.6. The average Bonchev–Trinajstić information content (AvgIpc) is 2.01. The molecular weight excluding hydrogens is 201 g/mol. The number of ether oxygens (including phenoxy) is 1. The van der Waals surface area contributed by atoms with Crippen LogP contribution >= 0.6 is 0 Å². The molecule has 1 N–H and O–H groups in total. The zero-order valence-electron chi connectivity index (χ0n) is 7.43. The van der Waals surface area contributed by atoms with Gasteiger partial charge in [0, 0.05) is 13.0 Å². The van der Waals surface area contributed by atoms with E-state index in [1.165, 1.54) is 0 Å². The van der Waals surface area contributed by atoms with Gasteiger partial charge >= 0.3 is 12.1 Å². The lowest BCUT2D eigenvalue weighted by atomic mass is 10.3. The summed E-state index contributed by atoms with van der Waals surface area (Å²) >= 11 is 0. The molecule has 0 atom stereocenters. The Labute approximate surface area is 79.2 Å². The zero-order chi connectivity index (χ0) is 11.2. The Morgan fingerprint density at radius 1 is 1.43 bits per heavy atom. The molecule has 0 aliphatic carbocycles. The number of carboxylic acid groups (broad SMARTS) is 1. The summed E-state index contributed by atoms with van der Waals surface area (Å²) in [4.78, 5) is 10.2. The van der Waals surface area contributed by atoms with Crippen molar-refractivity contribution in [3.05, 3.63) is 12.2 Å². The molecule has 0 unspecified atom stereocenters. The first-order valence-corrected chi connectivity index (χ1v) is 3.88. The maximum absolute atomic E-state index is 11.6. The molecule has 82 valence electrons. The number of hydrogen-bond donors (Lipinski definition) is 1. The molecule has 0 heterocycles. The van der Waals surface area contributed by atoms with E-state index in [0.717, 1.165) is 0 Å². The van der Waals surface area contributed by atoms with Crippen LogP contribution in [0.2, 0.25) is 0 Å². The van der Waals surface area contributed by atoms with Gasteiger partial charge in [-0.25, -0.2) is 4.79 Å². The van der Waals surface area contributed by atoms with Crippen molar-refractivity contribution in [1.82, 2.24) is 0 Å².